The second-order valence-electron chi connectivity index (χ2n) is 6.04. The number of benzene rings is 2. The summed E-state index contributed by atoms with van der Waals surface area (Å²) in [6.07, 6.45) is 1.47. The minimum atomic E-state index is -3.71. The monoisotopic (exact) mass is 357 g/mol. The summed E-state index contributed by atoms with van der Waals surface area (Å²) in [5, 5.41) is 11.1. The number of tetrazole rings is 1. The molecule has 0 aliphatic heterocycles. The third-order valence-corrected chi connectivity index (χ3v) is 5.69. The molecule has 8 heteroatoms. The number of aryl methyl sites for hydroxylation is 3. The van der Waals surface area contributed by atoms with Gasteiger partial charge in [0, 0.05) is 0 Å². The van der Waals surface area contributed by atoms with Crippen LogP contribution in [0.15, 0.2) is 41.6 Å². The number of anilines is 1. The van der Waals surface area contributed by atoms with E-state index in [1.54, 1.807) is 26.0 Å². The first-order chi connectivity index (χ1) is 11.8. The van der Waals surface area contributed by atoms with Crippen molar-refractivity contribution in [1.29, 1.82) is 0 Å². The van der Waals surface area contributed by atoms with Gasteiger partial charge in [-0.2, -0.15) is 0 Å². The van der Waals surface area contributed by atoms with E-state index in [9.17, 15) is 8.42 Å². The van der Waals surface area contributed by atoms with Crippen LogP contribution in [0.2, 0.25) is 0 Å². The molecule has 0 aliphatic carbocycles. The Morgan fingerprint density at radius 2 is 1.72 bits per heavy atom. The van der Waals surface area contributed by atoms with E-state index in [0.717, 1.165) is 22.3 Å². The van der Waals surface area contributed by atoms with Crippen LogP contribution in [0.1, 0.15) is 22.3 Å². The van der Waals surface area contributed by atoms with Crippen LogP contribution in [0.3, 0.4) is 0 Å². The van der Waals surface area contributed by atoms with Gasteiger partial charge in [-0.3, -0.25) is 4.72 Å². The molecule has 3 rings (SSSR count). The molecule has 3 aromatic rings. The first-order valence-corrected chi connectivity index (χ1v) is 9.21. The molecule has 0 unspecified atom stereocenters. The Hall–Kier alpha value is -2.74. The highest BCUT2D eigenvalue weighted by Gasteiger charge is 2.21. The van der Waals surface area contributed by atoms with E-state index >= 15 is 0 Å². The minimum absolute atomic E-state index is 0.310. The van der Waals surface area contributed by atoms with Gasteiger partial charge < -0.3 is 0 Å². The summed E-state index contributed by atoms with van der Waals surface area (Å²) in [5.41, 5.74) is 4.42. The second kappa shape index (κ2) is 6.29. The number of sulfonamides is 1. The van der Waals surface area contributed by atoms with Crippen molar-refractivity contribution in [3.8, 4) is 5.69 Å². The Morgan fingerprint density at radius 3 is 2.32 bits per heavy atom. The summed E-state index contributed by atoms with van der Waals surface area (Å²) in [6.45, 7) is 7.38. The average molecular weight is 357 g/mol. The fraction of sp³-hybridized carbons (Fsp3) is 0.235. The van der Waals surface area contributed by atoms with Crippen LogP contribution in [0.5, 0.6) is 0 Å². The molecule has 1 N–H and O–H groups in total. The van der Waals surface area contributed by atoms with E-state index < -0.39 is 10.0 Å². The van der Waals surface area contributed by atoms with Crippen LogP contribution >= 0.6 is 0 Å². The zero-order valence-corrected chi connectivity index (χ0v) is 15.3. The van der Waals surface area contributed by atoms with Gasteiger partial charge in [-0.05, 0) is 66.9 Å². The summed E-state index contributed by atoms with van der Waals surface area (Å²) in [4.78, 5) is 0.310. The number of hydrogen-bond acceptors (Lipinski definition) is 5. The maximum atomic E-state index is 12.9. The van der Waals surface area contributed by atoms with Crippen molar-refractivity contribution in [3.05, 3.63) is 58.9 Å². The molecule has 7 nitrogen and oxygen atoms in total. The maximum absolute atomic E-state index is 12.9. The molecule has 130 valence electrons. The first kappa shape index (κ1) is 17.1. The maximum Gasteiger partial charge on any atom is 0.262 e. The Labute approximate surface area is 146 Å². The summed E-state index contributed by atoms with van der Waals surface area (Å²) in [5.74, 6) is 0. The van der Waals surface area contributed by atoms with Crippen molar-refractivity contribution in [3.63, 3.8) is 0 Å². The zero-order valence-electron chi connectivity index (χ0n) is 14.5. The summed E-state index contributed by atoms with van der Waals surface area (Å²) >= 11 is 0. The number of nitrogens with zero attached hydrogens (tertiary/aromatic N) is 4. The smallest absolute Gasteiger partial charge is 0.262 e. The van der Waals surface area contributed by atoms with Crippen LogP contribution in [-0.2, 0) is 10.0 Å². The van der Waals surface area contributed by atoms with Gasteiger partial charge in [0.1, 0.15) is 6.33 Å². The van der Waals surface area contributed by atoms with E-state index in [1.807, 2.05) is 32.0 Å². The van der Waals surface area contributed by atoms with E-state index in [0.29, 0.717) is 16.3 Å². The van der Waals surface area contributed by atoms with E-state index in [1.165, 1.54) is 11.0 Å². The van der Waals surface area contributed by atoms with E-state index in [2.05, 4.69) is 20.2 Å². The van der Waals surface area contributed by atoms with Gasteiger partial charge in [0.15, 0.2) is 0 Å². The normalized spacial score (nSPS) is 11.5. The number of aromatic nitrogens is 4. The SMILES string of the molecule is Cc1cc(C)c(S(=O)(=O)Nc2cccc(-n3cnnn3)c2C)c(C)c1. The molecular formula is C17H19N5O2S. The first-order valence-electron chi connectivity index (χ1n) is 7.73. The van der Waals surface area contributed by atoms with Gasteiger partial charge in [0.05, 0.1) is 16.3 Å². The average Bonchev–Trinajstić information content (AvgIpc) is 3.01. The predicted octanol–water partition coefficient (Wildman–Crippen LogP) is 2.70. The molecule has 0 saturated heterocycles. The van der Waals surface area contributed by atoms with Gasteiger partial charge in [0.25, 0.3) is 10.0 Å². The molecule has 1 heterocycles. The van der Waals surface area contributed by atoms with Crippen LogP contribution < -0.4 is 4.72 Å². The fourth-order valence-electron chi connectivity index (χ4n) is 3.04. The lowest BCUT2D eigenvalue weighted by Gasteiger charge is -2.16. The van der Waals surface area contributed by atoms with Crippen molar-refractivity contribution in [2.24, 2.45) is 0 Å². The largest absolute Gasteiger partial charge is 0.279 e. The molecule has 2 aromatic carbocycles. The third-order valence-electron chi connectivity index (χ3n) is 4.02. The lowest BCUT2D eigenvalue weighted by atomic mass is 10.1. The molecule has 0 fully saturated rings. The van der Waals surface area contributed by atoms with Crippen LogP contribution in [0, 0.1) is 27.7 Å². The Morgan fingerprint density at radius 1 is 1.04 bits per heavy atom. The molecular weight excluding hydrogens is 338 g/mol. The predicted molar refractivity (Wildman–Crippen MR) is 95.4 cm³/mol. The topological polar surface area (TPSA) is 89.8 Å². The van der Waals surface area contributed by atoms with E-state index in [4.69, 9.17) is 0 Å². The summed E-state index contributed by atoms with van der Waals surface area (Å²) in [6, 6.07) is 9.04. The molecule has 0 saturated carbocycles. The highest BCUT2D eigenvalue weighted by Crippen LogP contribution is 2.27. The summed E-state index contributed by atoms with van der Waals surface area (Å²) in [7, 11) is -3.71. The number of hydrogen-bond donors (Lipinski definition) is 1. The van der Waals surface area contributed by atoms with E-state index in [-0.39, 0.29) is 0 Å². The lowest BCUT2D eigenvalue weighted by molar-refractivity contribution is 0.600. The Balaban J connectivity index is 2.05. The zero-order chi connectivity index (χ0) is 18.2. The minimum Gasteiger partial charge on any atom is -0.279 e. The Bertz CT molecular complexity index is 1000. The molecule has 0 atom stereocenters. The van der Waals surface area contributed by atoms with Crippen molar-refractivity contribution < 1.29 is 8.42 Å². The second-order valence-corrected chi connectivity index (χ2v) is 7.66. The molecule has 0 radical (unpaired) electrons. The molecule has 1 aromatic heterocycles. The standard InChI is InChI=1S/C17H19N5O2S/c1-11-8-12(2)17(13(3)9-11)25(23,24)19-15-6-5-7-16(14(15)4)22-10-18-20-21-22/h5-10,19H,1-4H3. The molecule has 0 amide bonds. The van der Waals surface area contributed by atoms with Gasteiger partial charge in [0.2, 0.25) is 0 Å². The van der Waals surface area contributed by atoms with Crippen molar-refractivity contribution in [2.45, 2.75) is 32.6 Å². The summed E-state index contributed by atoms with van der Waals surface area (Å²) < 4.78 is 30.1. The van der Waals surface area contributed by atoms with Gasteiger partial charge in [-0.1, -0.05) is 23.8 Å². The van der Waals surface area contributed by atoms with Gasteiger partial charge in [-0.15, -0.1) is 5.10 Å². The van der Waals surface area contributed by atoms with Gasteiger partial charge >= 0.3 is 0 Å². The van der Waals surface area contributed by atoms with Gasteiger partial charge in [-0.25, -0.2) is 13.1 Å². The van der Waals surface area contributed by atoms with Crippen LogP contribution in [-0.4, -0.2) is 28.6 Å². The molecule has 25 heavy (non-hydrogen) atoms. The Kier molecular flexibility index (Phi) is 4.30. The number of nitrogens with one attached hydrogen (secondary N) is 1. The molecule has 0 spiro atoms. The van der Waals surface area contributed by atoms with Crippen molar-refractivity contribution >= 4 is 15.7 Å². The van der Waals surface area contributed by atoms with Crippen LogP contribution in [0.25, 0.3) is 5.69 Å². The van der Waals surface area contributed by atoms with Crippen molar-refractivity contribution in [2.75, 3.05) is 4.72 Å². The molecule has 0 bridgehead atoms. The highest BCUT2D eigenvalue weighted by molar-refractivity contribution is 7.92. The quantitative estimate of drug-likeness (QED) is 0.775. The van der Waals surface area contributed by atoms with Crippen LogP contribution in [0.4, 0.5) is 5.69 Å². The lowest BCUT2D eigenvalue weighted by Crippen LogP contribution is -2.17. The third kappa shape index (κ3) is 3.25. The van der Waals surface area contributed by atoms with Crippen molar-refractivity contribution in [1.82, 2.24) is 20.2 Å². The number of rotatable bonds is 4. The highest BCUT2D eigenvalue weighted by atomic mass is 32.2. The fourth-order valence-corrected chi connectivity index (χ4v) is 4.62. The molecule has 0 aliphatic rings.